The highest BCUT2D eigenvalue weighted by atomic mass is 35.5. The number of alkyl halides is 1. The van der Waals surface area contributed by atoms with Crippen molar-refractivity contribution < 1.29 is 15.4 Å². The Morgan fingerprint density at radius 2 is 2.12 bits per heavy atom. The fraction of sp³-hybridized carbons (Fsp3) is 0.222. The van der Waals surface area contributed by atoms with Crippen molar-refractivity contribution in [3.8, 4) is 0 Å². The van der Waals surface area contributed by atoms with Crippen molar-refractivity contribution in [3.05, 3.63) is 28.7 Å². The minimum atomic E-state index is -1.05. The fourth-order valence-corrected chi connectivity index (χ4v) is 1.87. The quantitative estimate of drug-likeness (QED) is 0.669. The van der Waals surface area contributed by atoms with Crippen LogP contribution in [-0.4, -0.2) is 37.0 Å². The third kappa shape index (κ3) is 2.49. The summed E-state index contributed by atoms with van der Waals surface area (Å²) in [6.45, 7) is 0. The van der Waals surface area contributed by atoms with Gasteiger partial charge in [-0.05, 0) is 12.1 Å². The second kappa shape index (κ2) is 5.31. The molecule has 0 aliphatic rings. The largest absolute Gasteiger partial charge is 0.478 e. The number of carbonyl (C=O) groups is 1. The van der Waals surface area contributed by atoms with E-state index in [1.807, 2.05) is 0 Å². The first-order valence-electron chi connectivity index (χ1n) is 4.46. The van der Waals surface area contributed by atoms with Crippen molar-refractivity contribution in [3.63, 3.8) is 0 Å². The van der Waals surface area contributed by atoms with E-state index in [1.165, 1.54) is 12.1 Å². The molecular formula is C9H9Cl2N3O3. The monoisotopic (exact) mass is 277 g/mol. The van der Waals surface area contributed by atoms with E-state index in [-0.39, 0.29) is 16.2 Å². The average molecular weight is 278 g/mol. The Balaban J connectivity index is 0.00000144. The minimum absolute atomic E-state index is 0. The molecule has 2 heterocycles. The molecular weight excluding hydrogens is 269 g/mol. The van der Waals surface area contributed by atoms with Gasteiger partial charge < -0.3 is 10.6 Å². The summed E-state index contributed by atoms with van der Waals surface area (Å²) in [6, 6.07) is 2.77. The van der Waals surface area contributed by atoms with Crippen molar-refractivity contribution >= 4 is 34.8 Å². The lowest BCUT2D eigenvalue weighted by Crippen LogP contribution is -2.01. The van der Waals surface area contributed by atoms with Gasteiger partial charge in [-0.15, -0.1) is 21.8 Å². The van der Waals surface area contributed by atoms with Crippen LogP contribution in [0.3, 0.4) is 0 Å². The number of carboxylic acid groups (broad SMARTS) is 1. The van der Waals surface area contributed by atoms with Crippen LogP contribution in [0.5, 0.6) is 0 Å². The van der Waals surface area contributed by atoms with Gasteiger partial charge in [0.1, 0.15) is 11.0 Å². The van der Waals surface area contributed by atoms with Gasteiger partial charge in [-0.1, -0.05) is 11.6 Å². The average Bonchev–Trinajstić information content (AvgIpc) is 2.62. The maximum atomic E-state index is 10.8. The standard InChI is InChI=1S/C9H7Cl2N3O2.H2O/c10-2-1-7-12-13-8-4-5(9(15)16)3-6(11)14(7)8;/h3-4H,1-2H2,(H,15,16);1H2. The highest BCUT2D eigenvalue weighted by molar-refractivity contribution is 6.30. The molecule has 2 rings (SSSR count). The van der Waals surface area contributed by atoms with Crippen LogP contribution in [0.4, 0.5) is 0 Å². The number of halogens is 2. The van der Waals surface area contributed by atoms with E-state index in [2.05, 4.69) is 10.2 Å². The number of aryl methyl sites for hydroxylation is 1. The third-order valence-electron chi connectivity index (χ3n) is 2.09. The molecule has 2 aromatic rings. The first-order chi connectivity index (χ1) is 7.63. The number of nitrogens with zero attached hydrogens (tertiary/aromatic N) is 3. The molecule has 0 aromatic carbocycles. The van der Waals surface area contributed by atoms with Crippen LogP contribution in [0, 0.1) is 0 Å². The predicted molar refractivity (Wildman–Crippen MR) is 63.0 cm³/mol. The molecule has 0 unspecified atom stereocenters. The Hall–Kier alpha value is -1.37. The predicted octanol–water partition coefficient (Wildman–Crippen LogP) is 1.04. The second-order valence-electron chi connectivity index (χ2n) is 3.12. The van der Waals surface area contributed by atoms with E-state index in [9.17, 15) is 4.79 Å². The summed E-state index contributed by atoms with van der Waals surface area (Å²) in [6.07, 6.45) is 0.523. The smallest absolute Gasteiger partial charge is 0.335 e. The molecule has 3 N–H and O–H groups in total. The SMILES string of the molecule is O.O=C(O)c1cc(Cl)n2c(CCCl)nnc2c1. The molecule has 0 bridgehead atoms. The van der Waals surface area contributed by atoms with E-state index in [0.717, 1.165) is 0 Å². The van der Waals surface area contributed by atoms with Crippen molar-refractivity contribution in [2.24, 2.45) is 0 Å². The number of aromatic carboxylic acids is 1. The Kier molecular flexibility index (Phi) is 4.28. The number of hydrogen-bond acceptors (Lipinski definition) is 3. The first kappa shape index (κ1) is 13.7. The number of carboxylic acids is 1. The normalized spacial score (nSPS) is 10.2. The molecule has 0 spiro atoms. The molecule has 0 aliphatic carbocycles. The number of pyridine rings is 1. The van der Waals surface area contributed by atoms with Gasteiger partial charge in [0.05, 0.1) is 5.56 Å². The van der Waals surface area contributed by atoms with Crippen molar-refractivity contribution in [1.29, 1.82) is 0 Å². The molecule has 0 atom stereocenters. The zero-order chi connectivity index (χ0) is 11.7. The molecule has 0 amide bonds. The van der Waals surface area contributed by atoms with Crippen LogP contribution in [0.15, 0.2) is 12.1 Å². The van der Waals surface area contributed by atoms with Crippen molar-refractivity contribution in [1.82, 2.24) is 14.6 Å². The first-order valence-corrected chi connectivity index (χ1v) is 5.37. The Labute approximate surface area is 106 Å². The molecule has 6 nitrogen and oxygen atoms in total. The van der Waals surface area contributed by atoms with Gasteiger partial charge in [-0.25, -0.2) is 4.79 Å². The van der Waals surface area contributed by atoms with Gasteiger partial charge in [-0.2, -0.15) is 0 Å². The van der Waals surface area contributed by atoms with Crippen LogP contribution in [0.2, 0.25) is 5.15 Å². The lowest BCUT2D eigenvalue weighted by molar-refractivity contribution is 0.0697. The van der Waals surface area contributed by atoms with E-state index in [0.29, 0.717) is 23.8 Å². The van der Waals surface area contributed by atoms with E-state index >= 15 is 0 Å². The van der Waals surface area contributed by atoms with Crippen LogP contribution < -0.4 is 0 Å². The molecule has 92 valence electrons. The molecule has 0 aliphatic heterocycles. The minimum Gasteiger partial charge on any atom is -0.478 e. The molecule has 2 aromatic heterocycles. The zero-order valence-electron chi connectivity index (χ0n) is 8.52. The maximum Gasteiger partial charge on any atom is 0.335 e. The van der Waals surface area contributed by atoms with Crippen LogP contribution >= 0.6 is 23.2 Å². The van der Waals surface area contributed by atoms with Gasteiger partial charge in [0.2, 0.25) is 0 Å². The Morgan fingerprint density at radius 3 is 2.71 bits per heavy atom. The highest BCUT2D eigenvalue weighted by Crippen LogP contribution is 2.17. The summed E-state index contributed by atoms with van der Waals surface area (Å²) >= 11 is 11.6. The molecule has 17 heavy (non-hydrogen) atoms. The number of rotatable bonds is 3. The van der Waals surface area contributed by atoms with Crippen molar-refractivity contribution in [2.75, 3.05) is 5.88 Å². The molecule has 0 saturated heterocycles. The van der Waals surface area contributed by atoms with Gasteiger partial charge in [0.25, 0.3) is 0 Å². The Bertz CT molecular complexity index is 556. The number of fused-ring (bicyclic) bond motifs is 1. The van der Waals surface area contributed by atoms with Gasteiger partial charge >= 0.3 is 5.97 Å². The second-order valence-corrected chi connectivity index (χ2v) is 3.89. The van der Waals surface area contributed by atoms with E-state index < -0.39 is 5.97 Å². The summed E-state index contributed by atoms with van der Waals surface area (Å²) in [5.41, 5.74) is 0.493. The van der Waals surface area contributed by atoms with Crippen LogP contribution in [0.1, 0.15) is 16.2 Å². The van der Waals surface area contributed by atoms with Gasteiger partial charge in [0.15, 0.2) is 5.65 Å². The molecule has 0 saturated carbocycles. The van der Waals surface area contributed by atoms with E-state index in [1.54, 1.807) is 4.40 Å². The molecule has 0 radical (unpaired) electrons. The Morgan fingerprint density at radius 1 is 1.41 bits per heavy atom. The maximum absolute atomic E-state index is 10.8. The summed E-state index contributed by atoms with van der Waals surface area (Å²) in [7, 11) is 0. The van der Waals surface area contributed by atoms with Crippen LogP contribution in [-0.2, 0) is 6.42 Å². The lowest BCUT2D eigenvalue weighted by Gasteiger charge is -2.02. The van der Waals surface area contributed by atoms with Gasteiger partial charge in [0, 0.05) is 12.3 Å². The fourth-order valence-electron chi connectivity index (χ4n) is 1.40. The number of hydrogen-bond donors (Lipinski definition) is 1. The topological polar surface area (TPSA) is 99.0 Å². The highest BCUT2D eigenvalue weighted by Gasteiger charge is 2.12. The van der Waals surface area contributed by atoms with Crippen molar-refractivity contribution in [2.45, 2.75) is 6.42 Å². The van der Waals surface area contributed by atoms with Crippen LogP contribution in [0.25, 0.3) is 5.65 Å². The zero-order valence-corrected chi connectivity index (χ0v) is 10.0. The number of aromatic nitrogens is 3. The summed E-state index contributed by atoms with van der Waals surface area (Å²) in [5.74, 6) is -0.0316. The summed E-state index contributed by atoms with van der Waals surface area (Å²) in [4.78, 5) is 10.8. The molecule has 0 fully saturated rings. The molecule has 8 heteroatoms. The summed E-state index contributed by atoms with van der Waals surface area (Å²) in [5, 5.41) is 16.9. The van der Waals surface area contributed by atoms with Gasteiger partial charge in [-0.3, -0.25) is 4.40 Å². The summed E-state index contributed by atoms with van der Waals surface area (Å²) < 4.78 is 1.58. The third-order valence-corrected chi connectivity index (χ3v) is 2.56. The van der Waals surface area contributed by atoms with E-state index in [4.69, 9.17) is 28.3 Å². The lowest BCUT2D eigenvalue weighted by atomic mass is 10.2.